The molecular weight excluding hydrogens is 309 g/mol. The fourth-order valence-electron chi connectivity index (χ4n) is 2.11. The number of carbonyl (C=O) groups is 1. The number of carbonyl (C=O) groups excluding carboxylic acids is 1. The summed E-state index contributed by atoms with van der Waals surface area (Å²) in [7, 11) is 0. The number of fused-ring (bicyclic) bond motifs is 1. The van der Waals surface area contributed by atoms with Gasteiger partial charge in [0.25, 0.3) is 5.91 Å². The molecule has 0 fully saturated rings. The first-order chi connectivity index (χ1) is 10.4. The van der Waals surface area contributed by atoms with Crippen molar-refractivity contribution in [1.29, 1.82) is 0 Å². The number of ether oxygens (including phenoxy) is 1. The van der Waals surface area contributed by atoms with Crippen molar-refractivity contribution < 1.29 is 31.5 Å². The third-order valence-electron chi connectivity index (χ3n) is 3.09. The van der Waals surface area contributed by atoms with Gasteiger partial charge in [0.05, 0.1) is 11.3 Å². The predicted octanol–water partition coefficient (Wildman–Crippen LogP) is 3.38. The van der Waals surface area contributed by atoms with Gasteiger partial charge >= 0.3 is 0 Å². The highest BCUT2D eigenvalue weighted by Gasteiger charge is 2.25. The summed E-state index contributed by atoms with van der Waals surface area (Å²) in [6.07, 6.45) is 0. The maximum absolute atomic E-state index is 14.0. The molecule has 0 saturated heterocycles. The molecule has 0 aliphatic carbocycles. The Balaban J connectivity index is 2.24. The van der Waals surface area contributed by atoms with Crippen LogP contribution in [0.4, 0.5) is 27.6 Å². The molecule has 8 heteroatoms. The minimum absolute atomic E-state index is 0.0313. The number of rotatable bonds is 1. The summed E-state index contributed by atoms with van der Waals surface area (Å²) in [6, 6.07) is 1.80. The van der Waals surface area contributed by atoms with Crippen molar-refractivity contribution in [3.8, 4) is 16.9 Å². The van der Waals surface area contributed by atoms with Crippen LogP contribution in [-0.4, -0.2) is 12.5 Å². The molecule has 1 aliphatic heterocycles. The summed E-state index contributed by atoms with van der Waals surface area (Å²) >= 11 is 0. The van der Waals surface area contributed by atoms with Gasteiger partial charge in [-0.2, -0.15) is 0 Å². The van der Waals surface area contributed by atoms with Crippen LogP contribution in [-0.2, 0) is 4.79 Å². The quantitative estimate of drug-likeness (QED) is 0.498. The maximum atomic E-state index is 14.0. The highest BCUT2D eigenvalue weighted by Crippen LogP contribution is 2.37. The van der Waals surface area contributed by atoms with E-state index < -0.39 is 46.1 Å². The van der Waals surface area contributed by atoms with Crippen LogP contribution >= 0.6 is 0 Å². The van der Waals surface area contributed by atoms with Gasteiger partial charge in [0.15, 0.2) is 24.1 Å². The molecule has 0 unspecified atom stereocenters. The van der Waals surface area contributed by atoms with Crippen molar-refractivity contribution >= 4 is 11.6 Å². The predicted molar refractivity (Wildman–Crippen MR) is 65.8 cm³/mol. The van der Waals surface area contributed by atoms with Gasteiger partial charge < -0.3 is 10.1 Å². The third-order valence-corrected chi connectivity index (χ3v) is 3.09. The van der Waals surface area contributed by atoms with Crippen molar-refractivity contribution in [2.24, 2.45) is 0 Å². The molecule has 3 nitrogen and oxygen atoms in total. The van der Waals surface area contributed by atoms with E-state index in [1.54, 1.807) is 0 Å². The van der Waals surface area contributed by atoms with E-state index in [4.69, 9.17) is 4.74 Å². The molecule has 0 bridgehead atoms. The molecule has 22 heavy (non-hydrogen) atoms. The van der Waals surface area contributed by atoms with Crippen LogP contribution in [0.3, 0.4) is 0 Å². The Kier molecular flexibility index (Phi) is 3.23. The number of anilines is 1. The van der Waals surface area contributed by atoms with Gasteiger partial charge in [-0.05, 0) is 6.07 Å². The highest BCUT2D eigenvalue weighted by molar-refractivity contribution is 5.96. The Morgan fingerprint density at radius 1 is 0.909 bits per heavy atom. The number of halogens is 5. The van der Waals surface area contributed by atoms with Crippen LogP contribution in [0.2, 0.25) is 0 Å². The van der Waals surface area contributed by atoms with Crippen LogP contribution in [0.5, 0.6) is 5.75 Å². The minimum Gasteiger partial charge on any atom is -0.481 e. The van der Waals surface area contributed by atoms with E-state index in [1.165, 1.54) is 0 Å². The summed E-state index contributed by atoms with van der Waals surface area (Å²) in [5, 5.41) is 2.32. The Bertz CT molecular complexity index is 807. The lowest BCUT2D eigenvalue weighted by molar-refractivity contribution is -0.118. The lowest BCUT2D eigenvalue weighted by Crippen LogP contribution is -2.25. The molecule has 0 atom stereocenters. The van der Waals surface area contributed by atoms with Crippen molar-refractivity contribution in [3.63, 3.8) is 0 Å². The number of benzene rings is 2. The number of amides is 1. The molecule has 1 heterocycles. The molecule has 2 aromatic carbocycles. The first kappa shape index (κ1) is 14.3. The standard InChI is InChI=1S/C14H6F5NO2/c15-6-3-10-9(20-11(21)4-22-10)1-5(6)12-7(16)2-8(17)13(18)14(12)19/h1-3H,4H2,(H,20,21). The Hall–Kier alpha value is -2.64. The van der Waals surface area contributed by atoms with Crippen LogP contribution < -0.4 is 10.1 Å². The summed E-state index contributed by atoms with van der Waals surface area (Å²) < 4.78 is 72.6. The Morgan fingerprint density at radius 3 is 2.36 bits per heavy atom. The Morgan fingerprint density at radius 2 is 1.64 bits per heavy atom. The number of nitrogens with one attached hydrogen (secondary N) is 1. The summed E-state index contributed by atoms with van der Waals surface area (Å²) in [6.45, 7) is -0.334. The van der Waals surface area contributed by atoms with E-state index in [0.29, 0.717) is 0 Å². The fourth-order valence-corrected chi connectivity index (χ4v) is 2.11. The van der Waals surface area contributed by atoms with Crippen LogP contribution in [0, 0.1) is 29.1 Å². The summed E-state index contributed by atoms with van der Waals surface area (Å²) in [5.74, 6) is -8.68. The van der Waals surface area contributed by atoms with Crippen molar-refractivity contribution in [2.75, 3.05) is 11.9 Å². The SMILES string of the molecule is O=C1COc2cc(F)c(-c3c(F)cc(F)c(F)c3F)cc2N1. The highest BCUT2D eigenvalue weighted by atomic mass is 19.2. The molecule has 1 N–H and O–H groups in total. The van der Waals surface area contributed by atoms with E-state index in [0.717, 1.165) is 12.1 Å². The lowest BCUT2D eigenvalue weighted by atomic mass is 10.0. The second-order valence-electron chi connectivity index (χ2n) is 4.51. The van der Waals surface area contributed by atoms with Crippen molar-refractivity contribution in [3.05, 3.63) is 47.3 Å². The minimum atomic E-state index is -1.92. The molecule has 3 rings (SSSR count). The fraction of sp³-hybridized carbons (Fsp3) is 0.0714. The number of hydrogen-bond acceptors (Lipinski definition) is 2. The largest absolute Gasteiger partial charge is 0.481 e. The van der Waals surface area contributed by atoms with E-state index in [9.17, 15) is 26.7 Å². The average Bonchev–Trinajstić information content (AvgIpc) is 2.46. The van der Waals surface area contributed by atoms with E-state index in [2.05, 4.69) is 5.32 Å². The molecule has 114 valence electrons. The van der Waals surface area contributed by atoms with Crippen molar-refractivity contribution in [2.45, 2.75) is 0 Å². The topological polar surface area (TPSA) is 38.3 Å². The van der Waals surface area contributed by atoms with Crippen LogP contribution in [0.1, 0.15) is 0 Å². The number of hydrogen-bond donors (Lipinski definition) is 1. The van der Waals surface area contributed by atoms with Gasteiger partial charge in [-0.25, -0.2) is 22.0 Å². The van der Waals surface area contributed by atoms with E-state index in [-0.39, 0.29) is 24.1 Å². The first-order valence-electron chi connectivity index (χ1n) is 5.98. The lowest BCUT2D eigenvalue weighted by Gasteiger charge is -2.19. The van der Waals surface area contributed by atoms with E-state index in [1.807, 2.05) is 0 Å². The van der Waals surface area contributed by atoms with Gasteiger partial charge in [-0.1, -0.05) is 0 Å². The zero-order valence-electron chi connectivity index (χ0n) is 10.6. The molecule has 0 saturated carbocycles. The average molecular weight is 315 g/mol. The zero-order chi connectivity index (χ0) is 16.0. The Labute approximate surface area is 120 Å². The van der Waals surface area contributed by atoms with Gasteiger partial charge in [-0.15, -0.1) is 0 Å². The second-order valence-corrected chi connectivity index (χ2v) is 4.51. The summed E-state index contributed by atoms with van der Waals surface area (Å²) in [4.78, 5) is 11.2. The zero-order valence-corrected chi connectivity index (χ0v) is 10.6. The molecule has 1 aliphatic rings. The van der Waals surface area contributed by atoms with Gasteiger partial charge in [0, 0.05) is 17.7 Å². The normalized spacial score (nSPS) is 13.4. The van der Waals surface area contributed by atoms with Crippen LogP contribution in [0.15, 0.2) is 18.2 Å². The monoisotopic (exact) mass is 315 g/mol. The van der Waals surface area contributed by atoms with E-state index >= 15 is 0 Å². The molecule has 0 radical (unpaired) electrons. The smallest absolute Gasteiger partial charge is 0.262 e. The van der Waals surface area contributed by atoms with Crippen molar-refractivity contribution in [1.82, 2.24) is 0 Å². The van der Waals surface area contributed by atoms with Gasteiger partial charge in [0.2, 0.25) is 0 Å². The second kappa shape index (κ2) is 4.97. The molecule has 0 aromatic heterocycles. The maximum Gasteiger partial charge on any atom is 0.262 e. The molecule has 2 aromatic rings. The third kappa shape index (κ3) is 2.16. The van der Waals surface area contributed by atoms with Gasteiger partial charge in [-0.3, -0.25) is 4.79 Å². The molecular formula is C14H6F5NO2. The molecule has 0 spiro atoms. The first-order valence-corrected chi connectivity index (χ1v) is 5.98. The van der Waals surface area contributed by atoms with Crippen LogP contribution in [0.25, 0.3) is 11.1 Å². The summed E-state index contributed by atoms with van der Waals surface area (Å²) in [5.41, 5.74) is -1.77. The molecule has 1 amide bonds. The van der Waals surface area contributed by atoms with Gasteiger partial charge in [0.1, 0.15) is 17.4 Å².